The first-order valence-corrected chi connectivity index (χ1v) is 10.4. The van der Waals surface area contributed by atoms with E-state index in [9.17, 15) is 4.79 Å². The summed E-state index contributed by atoms with van der Waals surface area (Å²) in [4.78, 5) is 16.7. The SMILES string of the molecule is O=C(Cc1cc2c(cc1Br)OCCO2)NCc1cccc(OCc2ccccn2)c1. The van der Waals surface area contributed by atoms with Crippen LogP contribution < -0.4 is 19.5 Å². The molecule has 30 heavy (non-hydrogen) atoms. The van der Waals surface area contributed by atoms with Crippen molar-refractivity contribution >= 4 is 21.8 Å². The Morgan fingerprint density at radius 1 is 1.07 bits per heavy atom. The molecule has 4 rings (SSSR count). The lowest BCUT2D eigenvalue weighted by Gasteiger charge is -2.19. The fourth-order valence-electron chi connectivity index (χ4n) is 3.06. The third kappa shape index (κ3) is 5.30. The third-order valence-corrected chi connectivity index (χ3v) is 5.30. The van der Waals surface area contributed by atoms with Gasteiger partial charge in [-0.05, 0) is 47.5 Å². The number of carbonyl (C=O) groups is 1. The van der Waals surface area contributed by atoms with Gasteiger partial charge in [0.05, 0.1) is 12.1 Å². The zero-order valence-electron chi connectivity index (χ0n) is 16.3. The Kier molecular flexibility index (Phi) is 6.49. The second kappa shape index (κ2) is 9.63. The van der Waals surface area contributed by atoms with Crippen LogP contribution in [0.25, 0.3) is 0 Å². The van der Waals surface area contributed by atoms with Crippen LogP contribution in [-0.4, -0.2) is 24.1 Å². The topological polar surface area (TPSA) is 69.7 Å². The first-order chi connectivity index (χ1) is 14.7. The summed E-state index contributed by atoms with van der Waals surface area (Å²) < 4.78 is 17.8. The summed E-state index contributed by atoms with van der Waals surface area (Å²) in [5.41, 5.74) is 2.67. The number of aromatic nitrogens is 1. The van der Waals surface area contributed by atoms with Crippen LogP contribution in [0.3, 0.4) is 0 Å². The number of rotatable bonds is 7. The lowest BCUT2D eigenvalue weighted by atomic mass is 10.1. The highest BCUT2D eigenvalue weighted by molar-refractivity contribution is 9.10. The fourth-order valence-corrected chi connectivity index (χ4v) is 3.53. The quantitative estimate of drug-likeness (QED) is 0.566. The summed E-state index contributed by atoms with van der Waals surface area (Å²) in [5, 5.41) is 2.96. The van der Waals surface area contributed by atoms with Gasteiger partial charge in [-0.2, -0.15) is 0 Å². The number of carbonyl (C=O) groups excluding carboxylic acids is 1. The van der Waals surface area contributed by atoms with Gasteiger partial charge in [-0.1, -0.05) is 34.1 Å². The lowest BCUT2D eigenvalue weighted by molar-refractivity contribution is -0.120. The van der Waals surface area contributed by atoms with Crippen LogP contribution in [0.2, 0.25) is 0 Å². The summed E-state index contributed by atoms with van der Waals surface area (Å²) in [6.07, 6.45) is 1.98. The molecule has 0 saturated carbocycles. The van der Waals surface area contributed by atoms with E-state index in [4.69, 9.17) is 14.2 Å². The predicted octanol–water partition coefficient (Wildman–Crippen LogP) is 4.05. The van der Waals surface area contributed by atoms with Crippen LogP contribution in [0.1, 0.15) is 16.8 Å². The van der Waals surface area contributed by atoms with Crippen LogP contribution in [0, 0.1) is 0 Å². The zero-order valence-corrected chi connectivity index (χ0v) is 17.9. The van der Waals surface area contributed by atoms with E-state index in [0.29, 0.717) is 37.9 Å². The van der Waals surface area contributed by atoms with Gasteiger partial charge in [0.25, 0.3) is 0 Å². The molecule has 0 spiro atoms. The number of fused-ring (bicyclic) bond motifs is 1. The minimum Gasteiger partial charge on any atom is -0.487 e. The summed E-state index contributed by atoms with van der Waals surface area (Å²) in [5.74, 6) is 2.03. The number of nitrogens with zero attached hydrogens (tertiary/aromatic N) is 1. The van der Waals surface area contributed by atoms with Crippen molar-refractivity contribution in [2.45, 2.75) is 19.6 Å². The fraction of sp³-hybridized carbons (Fsp3) is 0.217. The van der Waals surface area contributed by atoms with Gasteiger partial charge < -0.3 is 19.5 Å². The molecule has 6 nitrogen and oxygen atoms in total. The molecule has 154 valence electrons. The van der Waals surface area contributed by atoms with Crippen molar-refractivity contribution in [2.24, 2.45) is 0 Å². The molecule has 1 aromatic heterocycles. The molecule has 1 aliphatic heterocycles. The minimum atomic E-state index is -0.0767. The van der Waals surface area contributed by atoms with Gasteiger partial charge in [-0.3, -0.25) is 9.78 Å². The van der Waals surface area contributed by atoms with Crippen molar-refractivity contribution in [3.63, 3.8) is 0 Å². The highest BCUT2D eigenvalue weighted by Gasteiger charge is 2.16. The van der Waals surface area contributed by atoms with Gasteiger partial charge in [0, 0.05) is 17.2 Å². The molecule has 1 N–H and O–H groups in total. The maximum atomic E-state index is 12.5. The summed E-state index contributed by atoms with van der Waals surface area (Å²) >= 11 is 3.51. The number of pyridine rings is 1. The van der Waals surface area contributed by atoms with E-state index in [1.54, 1.807) is 6.20 Å². The second-order valence-corrected chi connectivity index (χ2v) is 7.65. The Labute approximate surface area is 183 Å². The Bertz CT molecular complexity index is 1030. The van der Waals surface area contributed by atoms with E-state index in [1.807, 2.05) is 54.6 Å². The molecular weight excluding hydrogens is 448 g/mol. The second-order valence-electron chi connectivity index (χ2n) is 6.80. The van der Waals surface area contributed by atoms with Crippen molar-refractivity contribution in [1.29, 1.82) is 0 Å². The standard InChI is InChI=1S/C23H21BrN2O4/c24-20-13-22-21(28-8-9-29-22)11-17(20)12-23(27)26-14-16-4-3-6-19(10-16)30-15-18-5-1-2-7-25-18/h1-7,10-11,13H,8-9,12,14-15H2,(H,26,27). The monoisotopic (exact) mass is 468 g/mol. The highest BCUT2D eigenvalue weighted by Crippen LogP contribution is 2.35. The first-order valence-electron chi connectivity index (χ1n) is 9.64. The van der Waals surface area contributed by atoms with E-state index >= 15 is 0 Å². The molecule has 7 heteroatoms. The van der Waals surface area contributed by atoms with Crippen LogP contribution in [0.4, 0.5) is 0 Å². The van der Waals surface area contributed by atoms with Crippen LogP contribution in [0.15, 0.2) is 65.3 Å². The predicted molar refractivity (Wildman–Crippen MR) is 116 cm³/mol. The van der Waals surface area contributed by atoms with Gasteiger partial charge in [0.2, 0.25) is 5.91 Å². The average molecular weight is 469 g/mol. The van der Waals surface area contributed by atoms with Crippen molar-refractivity contribution in [1.82, 2.24) is 10.3 Å². The molecule has 0 unspecified atom stereocenters. The summed E-state index contributed by atoms with van der Waals surface area (Å²) in [6.45, 7) is 1.86. The number of halogens is 1. The van der Waals surface area contributed by atoms with Crippen LogP contribution in [-0.2, 0) is 24.4 Å². The van der Waals surface area contributed by atoms with E-state index < -0.39 is 0 Å². The molecule has 0 saturated heterocycles. The molecule has 2 heterocycles. The molecule has 3 aromatic rings. The minimum absolute atomic E-state index is 0.0767. The van der Waals surface area contributed by atoms with Crippen LogP contribution >= 0.6 is 15.9 Å². The van der Waals surface area contributed by atoms with Crippen molar-refractivity contribution in [3.8, 4) is 17.2 Å². The van der Waals surface area contributed by atoms with Gasteiger partial charge in [0.1, 0.15) is 25.6 Å². The Hall–Kier alpha value is -3.06. The molecule has 0 atom stereocenters. The van der Waals surface area contributed by atoms with Crippen molar-refractivity contribution in [2.75, 3.05) is 13.2 Å². The molecular formula is C23H21BrN2O4. The lowest BCUT2D eigenvalue weighted by Crippen LogP contribution is -2.25. The molecule has 0 fully saturated rings. The smallest absolute Gasteiger partial charge is 0.224 e. The number of nitrogens with one attached hydrogen (secondary N) is 1. The number of hydrogen-bond acceptors (Lipinski definition) is 5. The molecule has 1 amide bonds. The Balaban J connectivity index is 1.32. The van der Waals surface area contributed by atoms with E-state index in [1.165, 1.54) is 0 Å². The van der Waals surface area contributed by atoms with E-state index in [2.05, 4.69) is 26.2 Å². The normalized spacial score (nSPS) is 12.3. The highest BCUT2D eigenvalue weighted by atomic mass is 79.9. The summed E-state index contributed by atoms with van der Waals surface area (Å²) in [6, 6.07) is 17.1. The number of benzene rings is 2. The van der Waals surface area contributed by atoms with Crippen molar-refractivity contribution in [3.05, 3.63) is 82.1 Å². The molecule has 0 aliphatic carbocycles. The van der Waals surface area contributed by atoms with Gasteiger partial charge in [-0.15, -0.1) is 0 Å². The van der Waals surface area contributed by atoms with Crippen molar-refractivity contribution < 1.29 is 19.0 Å². The van der Waals surface area contributed by atoms with Crippen LogP contribution in [0.5, 0.6) is 17.2 Å². The average Bonchev–Trinajstić information content (AvgIpc) is 2.78. The zero-order chi connectivity index (χ0) is 20.8. The van der Waals surface area contributed by atoms with Gasteiger partial charge in [0.15, 0.2) is 11.5 Å². The maximum Gasteiger partial charge on any atom is 0.224 e. The molecule has 1 aliphatic rings. The number of ether oxygens (including phenoxy) is 3. The van der Waals surface area contributed by atoms with E-state index in [-0.39, 0.29) is 12.3 Å². The van der Waals surface area contributed by atoms with Gasteiger partial charge in [-0.25, -0.2) is 0 Å². The Morgan fingerprint density at radius 3 is 2.70 bits per heavy atom. The molecule has 2 aromatic carbocycles. The molecule has 0 bridgehead atoms. The van der Waals surface area contributed by atoms with Gasteiger partial charge >= 0.3 is 0 Å². The summed E-state index contributed by atoms with van der Waals surface area (Å²) in [7, 11) is 0. The number of hydrogen-bond donors (Lipinski definition) is 1. The first kappa shape index (κ1) is 20.2. The Morgan fingerprint density at radius 2 is 1.90 bits per heavy atom. The molecule has 0 radical (unpaired) electrons. The largest absolute Gasteiger partial charge is 0.487 e. The maximum absolute atomic E-state index is 12.5. The third-order valence-electron chi connectivity index (χ3n) is 4.56. The van der Waals surface area contributed by atoms with E-state index in [0.717, 1.165) is 27.0 Å². The number of amides is 1.